The third kappa shape index (κ3) is 5.25. The van der Waals surface area contributed by atoms with Gasteiger partial charge in [-0.15, -0.1) is 6.58 Å². The molecule has 1 fully saturated rings. The number of carbonyl (C=O) groups excluding carboxylic acids is 2. The first-order valence-corrected chi connectivity index (χ1v) is 11.4. The molecule has 0 spiro atoms. The van der Waals surface area contributed by atoms with Gasteiger partial charge in [-0.25, -0.2) is 4.39 Å². The van der Waals surface area contributed by atoms with Crippen molar-refractivity contribution in [2.75, 3.05) is 13.1 Å². The average Bonchev–Trinajstić information content (AvgIpc) is 2.80. The highest BCUT2D eigenvalue weighted by molar-refractivity contribution is 5.86. The number of hydrogen-bond acceptors (Lipinski definition) is 4. The Morgan fingerprint density at radius 2 is 1.79 bits per heavy atom. The fourth-order valence-corrected chi connectivity index (χ4v) is 4.04. The molecule has 1 heterocycles. The van der Waals surface area contributed by atoms with Crippen molar-refractivity contribution in [3.05, 3.63) is 94.6 Å². The summed E-state index contributed by atoms with van der Waals surface area (Å²) >= 11 is 0. The Hall–Kier alpha value is -3.74. The lowest BCUT2D eigenvalue weighted by Gasteiger charge is -2.32. The molecule has 34 heavy (non-hydrogen) atoms. The minimum atomic E-state index is -0.375. The van der Waals surface area contributed by atoms with Crippen molar-refractivity contribution in [1.82, 2.24) is 9.80 Å². The number of nitrogens with zero attached hydrogens (tertiary/aromatic N) is 2. The van der Waals surface area contributed by atoms with Gasteiger partial charge in [-0.05, 0) is 42.7 Å². The fraction of sp³-hybridized carbons (Fsp3) is 0.296. The second-order valence-corrected chi connectivity index (χ2v) is 8.60. The van der Waals surface area contributed by atoms with E-state index in [9.17, 15) is 18.8 Å². The van der Waals surface area contributed by atoms with E-state index in [0.29, 0.717) is 22.1 Å². The van der Waals surface area contributed by atoms with E-state index < -0.39 is 0 Å². The molecule has 176 valence electrons. The van der Waals surface area contributed by atoms with Crippen LogP contribution in [0.3, 0.4) is 0 Å². The first kappa shape index (κ1) is 23.4. The van der Waals surface area contributed by atoms with Gasteiger partial charge in [0.15, 0.2) is 5.43 Å². The van der Waals surface area contributed by atoms with Crippen molar-refractivity contribution in [2.45, 2.75) is 32.4 Å². The molecule has 3 aromatic rings. The van der Waals surface area contributed by atoms with Crippen molar-refractivity contribution in [2.24, 2.45) is 5.92 Å². The Morgan fingerprint density at radius 3 is 2.47 bits per heavy atom. The van der Waals surface area contributed by atoms with Gasteiger partial charge in [0.1, 0.15) is 17.9 Å². The van der Waals surface area contributed by atoms with E-state index in [1.807, 2.05) is 0 Å². The molecule has 1 aliphatic rings. The van der Waals surface area contributed by atoms with Crippen molar-refractivity contribution >= 4 is 22.8 Å². The van der Waals surface area contributed by atoms with Crippen molar-refractivity contribution in [3.63, 3.8) is 0 Å². The molecule has 0 radical (unpaired) electrons. The first-order valence-electron chi connectivity index (χ1n) is 11.4. The van der Waals surface area contributed by atoms with E-state index in [-0.39, 0.29) is 55.2 Å². The SMILES string of the molecule is C=CCN(CC(=O)N(Cc1ccc(F)cc1)Cc1coc2ccccc2c1=O)C(=O)C1CCC1. The molecule has 7 heteroatoms. The number of carbonyl (C=O) groups is 2. The number of amides is 2. The second-order valence-electron chi connectivity index (χ2n) is 8.60. The standard InChI is InChI=1S/C27H27FN2O4/c1-2-14-29(27(33)20-6-5-7-20)17-25(31)30(15-19-10-12-22(28)13-11-19)16-21-18-34-24-9-4-3-8-23(24)26(21)32/h2-4,8-13,18,20H,1,5-7,14-17H2. The molecular formula is C27H27FN2O4. The van der Waals surface area contributed by atoms with Crippen LogP contribution < -0.4 is 5.43 Å². The molecule has 2 aromatic carbocycles. The Morgan fingerprint density at radius 1 is 1.06 bits per heavy atom. The van der Waals surface area contributed by atoms with Gasteiger partial charge >= 0.3 is 0 Å². The lowest BCUT2D eigenvalue weighted by atomic mass is 9.84. The van der Waals surface area contributed by atoms with Crippen LogP contribution in [0.25, 0.3) is 11.0 Å². The summed E-state index contributed by atoms with van der Waals surface area (Å²) in [6.45, 7) is 4.02. The predicted octanol–water partition coefficient (Wildman–Crippen LogP) is 4.28. The zero-order valence-electron chi connectivity index (χ0n) is 18.9. The maximum atomic E-state index is 13.4. The van der Waals surface area contributed by atoms with Crippen molar-refractivity contribution in [1.29, 1.82) is 0 Å². The summed E-state index contributed by atoms with van der Waals surface area (Å²) in [6, 6.07) is 12.8. The molecule has 1 aromatic heterocycles. The van der Waals surface area contributed by atoms with E-state index in [1.54, 1.807) is 42.5 Å². The summed E-state index contributed by atoms with van der Waals surface area (Å²) in [6.07, 6.45) is 5.65. The summed E-state index contributed by atoms with van der Waals surface area (Å²) in [5, 5.41) is 0.433. The molecule has 0 aliphatic heterocycles. The van der Waals surface area contributed by atoms with Crippen LogP contribution in [0.15, 0.2) is 76.7 Å². The van der Waals surface area contributed by atoms with Crippen LogP contribution in [0.2, 0.25) is 0 Å². The molecular weight excluding hydrogens is 435 g/mol. The van der Waals surface area contributed by atoms with E-state index in [4.69, 9.17) is 4.42 Å². The van der Waals surface area contributed by atoms with Gasteiger partial charge in [0.2, 0.25) is 11.8 Å². The van der Waals surface area contributed by atoms with E-state index >= 15 is 0 Å². The van der Waals surface area contributed by atoms with Crippen LogP contribution in [0.4, 0.5) is 4.39 Å². The molecule has 0 atom stereocenters. The van der Waals surface area contributed by atoms with Crippen LogP contribution in [0.1, 0.15) is 30.4 Å². The minimum absolute atomic E-state index is 0.00290. The van der Waals surface area contributed by atoms with E-state index in [0.717, 1.165) is 19.3 Å². The molecule has 4 rings (SSSR count). The number of para-hydroxylation sites is 1. The summed E-state index contributed by atoms with van der Waals surface area (Å²) in [4.78, 5) is 42.3. The van der Waals surface area contributed by atoms with Crippen LogP contribution in [0, 0.1) is 11.7 Å². The fourth-order valence-electron chi connectivity index (χ4n) is 4.04. The lowest BCUT2D eigenvalue weighted by Crippen LogP contribution is -2.46. The molecule has 6 nitrogen and oxygen atoms in total. The van der Waals surface area contributed by atoms with Gasteiger partial charge in [0, 0.05) is 19.0 Å². The van der Waals surface area contributed by atoms with E-state index in [2.05, 4.69) is 6.58 Å². The highest BCUT2D eigenvalue weighted by atomic mass is 19.1. The maximum Gasteiger partial charge on any atom is 0.242 e. The average molecular weight is 463 g/mol. The topological polar surface area (TPSA) is 70.8 Å². The molecule has 2 amide bonds. The highest BCUT2D eigenvalue weighted by Crippen LogP contribution is 2.28. The largest absolute Gasteiger partial charge is 0.464 e. The molecule has 0 N–H and O–H groups in total. The van der Waals surface area contributed by atoms with Gasteiger partial charge in [-0.2, -0.15) is 0 Å². The van der Waals surface area contributed by atoms with Gasteiger partial charge in [-0.3, -0.25) is 14.4 Å². The number of hydrogen-bond donors (Lipinski definition) is 0. The van der Waals surface area contributed by atoms with E-state index in [1.165, 1.54) is 28.2 Å². The minimum Gasteiger partial charge on any atom is -0.464 e. The molecule has 1 aliphatic carbocycles. The number of benzene rings is 2. The van der Waals surface area contributed by atoms with Crippen LogP contribution in [-0.2, 0) is 22.7 Å². The van der Waals surface area contributed by atoms with Gasteiger partial charge < -0.3 is 14.2 Å². The Bertz CT molecular complexity index is 1250. The zero-order valence-corrected chi connectivity index (χ0v) is 18.9. The quantitative estimate of drug-likeness (QED) is 0.445. The maximum absolute atomic E-state index is 13.4. The van der Waals surface area contributed by atoms with Crippen molar-refractivity contribution in [3.8, 4) is 0 Å². The predicted molar refractivity (Wildman–Crippen MR) is 127 cm³/mol. The smallest absolute Gasteiger partial charge is 0.242 e. The molecule has 0 saturated heterocycles. The molecule has 0 unspecified atom stereocenters. The molecule has 0 bridgehead atoms. The highest BCUT2D eigenvalue weighted by Gasteiger charge is 2.31. The first-order chi connectivity index (χ1) is 16.5. The Kier molecular flexibility index (Phi) is 7.21. The van der Waals surface area contributed by atoms with Crippen LogP contribution >= 0.6 is 0 Å². The third-order valence-corrected chi connectivity index (χ3v) is 6.19. The van der Waals surface area contributed by atoms with Crippen molar-refractivity contribution < 1.29 is 18.4 Å². The number of fused-ring (bicyclic) bond motifs is 1. The van der Waals surface area contributed by atoms with Gasteiger partial charge in [0.05, 0.1) is 23.8 Å². The Balaban J connectivity index is 1.60. The summed E-state index contributed by atoms with van der Waals surface area (Å²) in [7, 11) is 0. The normalized spacial score (nSPS) is 13.3. The van der Waals surface area contributed by atoms with Crippen LogP contribution in [0.5, 0.6) is 0 Å². The summed E-state index contributed by atoms with van der Waals surface area (Å²) in [5.74, 6) is -0.788. The van der Waals surface area contributed by atoms with Gasteiger partial charge in [-0.1, -0.05) is 36.8 Å². The summed E-state index contributed by atoms with van der Waals surface area (Å²) in [5.41, 5.74) is 1.29. The van der Waals surface area contributed by atoms with Crippen LogP contribution in [-0.4, -0.2) is 34.7 Å². The monoisotopic (exact) mass is 462 g/mol. The lowest BCUT2D eigenvalue weighted by molar-refractivity contribution is -0.144. The number of rotatable bonds is 9. The second kappa shape index (κ2) is 10.5. The zero-order chi connectivity index (χ0) is 24.1. The molecule has 1 saturated carbocycles. The third-order valence-electron chi connectivity index (χ3n) is 6.19. The van der Waals surface area contributed by atoms with Gasteiger partial charge in [0.25, 0.3) is 0 Å². The number of halogens is 1. The Labute approximate surface area is 197 Å². The summed E-state index contributed by atoms with van der Waals surface area (Å²) < 4.78 is 19.0.